The maximum atomic E-state index is 12.3. The van der Waals surface area contributed by atoms with Gasteiger partial charge in [0.1, 0.15) is 0 Å². The van der Waals surface area contributed by atoms with Crippen molar-refractivity contribution in [3.63, 3.8) is 0 Å². The maximum Gasteiger partial charge on any atom is 0.273 e. The van der Waals surface area contributed by atoms with Gasteiger partial charge in [-0.3, -0.25) is 14.4 Å². The van der Waals surface area contributed by atoms with Crippen molar-refractivity contribution in [2.75, 3.05) is 13.1 Å². The highest BCUT2D eigenvalue weighted by molar-refractivity contribution is 5.92. The summed E-state index contributed by atoms with van der Waals surface area (Å²) in [5.41, 5.74) is 2.84. The van der Waals surface area contributed by atoms with Crippen LogP contribution in [0.2, 0.25) is 0 Å². The molecule has 3 heterocycles. The van der Waals surface area contributed by atoms with Gasteiger partial charge < -0.3 is 5.32 Å². The number of hydrogen-bond donors (Lipinski definition) is 1. The second-order valence-electron chi connectivity index (χ2n) is 7.71. The second kappa shape index (κ2) is 7.20. The minimum atomic E-state index is -0.132. The summed E-state index contributed by atoms with van der Waals surface area (Å²) in [5.74, 6) is -0.132. The maximum absolute atomic E-state index is 12.3. The van der Waals surface area contributed by atoms with E-state index in [4.69, 9.17) is 0 Å². The average molecular weight is 377 g/mol. The van der Waals surface area contributed by atoms with E-state index in [9.17, 15) is 4.79 Å². The molecule has 28 heavy (non-hydrogen) atoms. The molecule has 1 amide bonds. The number of aromatic nitrogens is 5. The molecule has 3 aromatic rings. The SMILES string of the molecule is O=C(NC1CN(Cc2cnn(Cc3ccccc3)c2)C1)c1cn(C2CC2)nn1. The first kappa shape index (κ1) is 17.1. The van der Waals surface area contributed by atoms with Crippen LogP contribution in [0.25, 0.3) is 0 Å². The van der Waals surface area contributed by atoms with E-state index in [1.54, 1.807) is 10.9 Å². The zero-order chi connectivity index (χ0) is 18.9. The number of amides is 1. The van der Waals surface area contributed by atoms with Gasteiger partial charge in [-0.1, -0.05) is 35.5 Å². The highest BCUT2D eigenvalue weighted by atomic mass is 16.2. The number of benzene rings is 1. The largest absolute Gasteiger partial charge is 0.345 e. The molecule has 0 atom stereocenters. The van der Waals surface area contributed by atoms with Crippen molar-refractivity contribution in [3.05, 3.63) is 65.7 Å². The van der Waals surface area contributed by atoms with Gasteiger partial charge in [-0.05, 0) is 18.4 Å². The summed E-state index contributed by atoms with van der Waals surface area (Å²) in [4.78, 5) is 14.6. The molecule has 1 saturated carbocycles. The molecular formula is C20H23N7O. The first-order chi connectivity index (χ1) is 13.7. The lowest BCUT2D eigenvalue weighted by molar-refractivity contribution is 0.0790. The quantitative estimate of drug-likeness (QED) is 0.674. The lowest BCUT2D eigenvalue weighted by Crippen LogP contribution is -2.58. The molecule has 2 aromatic heterocycles. The normalized spacial score (nSPS) is 17.4. The molecule has 1 aromatic carbocycles. The van der Waals surface area contributed by atoms with Crippen LogP contribution in [0.1, 0.15) is 40.5 Å². The molecule has 5 rings (SSSR count). The van der Waals surface area contributed by atoms with Crippen molar-refractivity contribution >= 4 is 5.91 Å². The van der Waals surface area contributed by atoms with Crippen LogP contribution in [0.5, 0.6) is 0 Å². The lowest BCUT2D eigenvalue weighted by atomic mass is 10.1. The Balaban J connectivity index is 1.08. The Labute approximate surface area is 163 Å². The number of rotatable bonds is 7. The van der Waals surface area contributed by atoms with E-state index in [1.165, 1.54) is 11.1 Å². The number of carbonyl (C=O) groups is 1. The molecule has 1 aliphatic carbocycles. The Kier molecular flexibility index (Phi) is 4.40. The third kappa shape index (κ3) is 3.82. The van der Waals surface area contributed by atoms with Crippen molar-refractivity contribution in [1.82, 2.24) is 35.0 Å². The predicted molar refractivity (Wildman–Crippen MR) is 103 cm³/mol. The fraction of sp³-hybridized carbons (Fsp3) is 0.400. The Morgan fingerprint density at radius 2 is 1.89 bits per heavy atom. The van der Waals surface area contributed by atoms with Gasteiger partial charge in [0, 0.05) is 31.4 Å². The van der Waals surface area contributed by atoms with Gasteiger partial charge in [-0.15, -0.1) is 5.10 Å². The molecule has 0 bridgehead atoms. The Morgan fingerprint density at radius 1 is 1.07 bits per heavy atom. The van der Waals surface area contributed by atoms with Gasteiger partial charge in [0.25, 0.3) is 5.91 Å². The van der Waals surface area contributed by atoms with Crippen molar-refractivity contribution in [3.8, 4) is 0 Å². The Hall–Kier alpha value is -3.00. The summed E-state index contributed by atoms with van der Waals surface area (Å²) >= 11 is 0. The molecule has 1 N–H and O–H groups in total. The Bertz CT molecular complexity index is 954. The number of likely N-dealkylation sites (tertiary alicyclic amines) is 1. The van der Waals surface area contributed by atoms with E-state index in [1.807, 2.05) is 29.1 Å². The first-order valence-corrected chi connectivity index (χ1v) is 9.73. The highest BCUT2D eigenvalue weighted by Gasteiger charge is 2.30. The molecular weight excluding hydrogens is 354 g/mol. The van der Waals surface area contributed by atoms with Crippen molar-refractivity contribution in [2.45, 2.75) is 38.0 Å². The van der Waals surface area contributed by atoms with Crippen molar-refractivity contribution in [1.29, 1.82) is 0 Å². The number of nitrogens with zero attached hydrogens (tertiary/aromatic N) is 6. The number of hydrogen-bond acceptors (Lipinski definition) is 5. The summed E-state index contributed by atoms with van der Waals surface area (Å²) in [6.07, 6.45) is 8.03. The van der Waals surface area contributed by atoms with Gasteiger partial charge >= 0.3 is 0 Å². The zero-order valence-corrected chi connectivity index (χ0v) is 15.6. The average Bonchev–Trinajstić information content (AvgIpc) is 3.23. The topological polar surface area (TPSA) is 80.9 Å². The molecule has 1 aliphatic heterocycles. The number of carbonyl (C=O) groups excluding carboxylic acids is 1. The molecule has 8 heteroatoms. The highest BCUT2D eigenvalue weighted by Crippen LogP contribution is 2.33. The third-order valence-corrected chi connectivity index (χ3v) is 5.24. The molecule has 2 aliphatic rings. The molecule has 1 saturated heterocycles. The van der Waals surface area contributed by atoms with Crippen LogP contribution in [0.4, 0.5) is 0 Å². The summed E-state index contributed by atoms with van der Waals surface area (Å²) in [6.45, 7) is 3.30. The third-order valence-electron chi connectivity index (χ3n) is 5.24. The summed E-state index contributed by atoms with van der Waals surface area (Å²) in [5, 5.41) is 15.5. The fourth-order valence-corrected chi connectivity index (χ4v) is 3.55. The molecule has 2 fully saturated rings. The van der Waals surface area contributed by atoms with Gasteiger partial charge in [0.05, 0.1) is 31.0 Å². The van der Waals surface area contributed by atoms with Crippen LogP contribution in [-0.4, -0.2) is 54.7 Å². The monoisotopic (exact) mass is 377 g/mol. The minimum absolute atomic E-state index is 0.132. The fourth-order valence-electron chi connectivity index (χ4n) is 3.55. The van der Waals surface area contributed by atoms with E-state index in [0.29, 0.717) is 11.7 Å². The minimum Gasteiger partial charge on any atom is -0.345 e. The summed E-state index contributed by atoms with van der Waals surface area (Å²) in [7, 11) is 0. The van der Waals surface area contributed by atoms with Crippen LogP contribution < -0.4 is 5.32 Å². The van der Waals surface area contributed by atoms with Crippen LogP contribution >= 0.6 is 0 Å². The molecule has 0 radical (unpaired) electrons. The molecule has 144 valence electrons. The van der Waals surface area contributed by atoms with Gasteiger partial charge in [0.15, 0.2) is 5.69 Å². The molecule has 0 spiro atoms. The van der Waals surface area contributed by atoms with Gasteiger partial charge in [0.2, 0.25) is 0 Å². The van der Waals surface area contributed by atoms with Crippen LogP contribution in [0.3, 0.4) is 0 Å². The van der Waals surface area contributed by atoms with Crippen molar-refractivity contribution in [2.24, 2.45) is 0 Å². The lowest BCUT2D eigenvalue weighted by Gasteiger charge is -2.39. The summed E-state index contributed by atoms with van der Waals surface area (Å²) in [6, 6.07) is 10.9. The molecule has 0 unspecified atom stereocenters. The van der Waals surface area contributed by atoms with E-state index < -0.39 is 0 Å². The van der Waals surface area contributed by atoms with E-state index in [-0.39, 0.29) is 11.9 Å². The number of nitrogens with one attached hydrogen (secondary N) is 1. The predicted octanol–water partition coefficient (Wildman–Crippen LogP) is 1.47. The van der Waals surface area contributed by atoms with Gasteiger partial charge in [-0.25, -0.2) is 4.68 Å². The summed E-state index contributed by atoms with van der Waals surface area (Å²) < 4.78 is 3.77. The second-order valence-corrected chi connectivity index (χ2v) is 7.71. The Morgan fingerprint density at radius 3 is 2.68 bits per heavy atom. The zero-order valence-electron chi connectivity index (χ0n) is 15.6. The van der Waals surface area contributed by atoms with E-state index in [0.717, 1.165) is 39.0 Å². The first-order valence-electron chi connectivity index (χ1n) is 9.73. The molecule has 8 nitrogen and oxygen atoms in total. The standard InChI is InChI=1S/C20H23N7O/c28-20(19-14-27(24-23-19)18-6-7-18)22-17-12-25(13-17)9-16-8-21-26(11-16)10-15-4-2-1-3-5-15/h1-5,8,11,14,17-18H,6-7,9-10,12-13H2,(H,22,28). The van der Waals surface area contributed by atoms with Crippen molar-refractivity contribution < 1.29 is 4.79 Å². The van der Waals surface area contributed by atoms with Gasteiger partial charge in [-0.2, -0.15) is 5.10 Å². The van der Waals surface area contributed by atoms with Crippen LogP contribution in [-0.2, 0) is 13.1 Å². The van der Waals surface area contributed by atoms with Crippen LogP contribution in [0, 0.1) is 0 Å². The van der Waals surface area contributed by atoms with E-state index >= 15 is 0 Å². The smallest absolute Gasteiger partial charge is 0.273 e. The van der Waals surface area contributed by atoms with E-state index in [2.05, 4.69) is 44.0 Å². The van der Waals surface area contributed by atoms with Crippen LogP contribution in [0.15, 0.2) is 48.9 Å².